The number of rotatable bonds is 7. The summed E-state index contributed by atoms with van der Waals surface area (Å²) in [6.07, 6.45) is 1.05. The third kappa shape index (κ3) is 5.85. The average Bonchev–Trinajstić information content (AvgIpc) is 2.54. The van der Waals surface area contributed by atoms with E-state index >= 15 is 0 Å². The van der Waals surface area contributed by atoms with Crippen LogP contribution < -0.4 is 10.6 Å². The van der Waals surface area contributed by atoms with Gasteiger partial charge in [-0.25, -0.2) is 9.97 Å². The first-order valence-corrected chi connectivity index (χ1v) is 8.86. The summed E-state index contributed by atoms with van der Waals surface area (Å²) < 4.78 is 0. The molecule has 0 aliphatic rings. The third-order valence-corrected chi connectivity index (χ3v) is 3.93. The van der Waals surface area contributed by atoms with E-state index in [-0.39, 0.29) is 5.91 Å². The van der Waals surface area contributed by atoms with Crippen LogP contribution in [-0.2, 0) is 0 Å². The van der Waals surface area contributed by atoms with Gasteiger partial charge >= 0.3 is 0 Å². The first kappa shape index (κ1) is 18.9. The topological polar surface area (TPSA) is 66.9 Å². The molecule has 0 unspecified atom stereocenters. The van der Waals surface area contributed by atoms with E-state index in [1.54, 1.807) is 13.0 Å². The van der Waals surface area contributed by atoms with Crippen molar-refractivity contribution in [2.75, 3.05) is 17.2 Å². The van der Waals surface area contributed by atoms with Crippen LogP contribution in [0.15, 0.2) is 30.3 Å². The van der Waals surface area contributed by atoms with E-state index in [1.165, 1.54) is 5.56 Å². The largest absolute Gasteiger partial charge is 0.370 e. The van der Waals surface area contributed by atoms with Crippen molar-refractivity contribution in [2.45, 2.75) is 47.0 Å². The Morgan fingerprint density at radius 2 is 1.76 bits per heavy atom. The lowest BCUT2D eigenvalue weighted by Crippen LogP contribution is -2.16. The number of aromatic nitrogens is 2. The molecular formula is C20H28N4O. The Labute approximate surface area is 150 Å². The van der Waals surface area contributed by atoms with Gasteiger partial charge in [0.2, 0.25) is 0 Å². The van der Waals surface area contributed by atoms with Crippen LogP contribution in [0.5, 0.6) is 0 Å². The van der Waals surface area contributed by atoms with Gasteiger partial charge in [0.15, 0.2) is 0 Å². The van der Waals surface area contributed by atoms with Crippen molar-refractivity contribution in [3.8, 4) is 0 Å². The summed E-state index contributed by atoms with van der Waals surface area (Å²) in [5.41, 5.74) is 2.37. The molecule has 0 atom stereocenters. The van der Waals surface area contributed by atoms with Crippen molar-refractivity contribution in [1.82, 2.24) is 9.97 Å². The zero-order valence-electron chi connectivity index (χ0n) is 15.8. The van der Waals surface area contributed by atoms with Gasteiger partial charge < -0.3 is 10.6 Å². The number of hydrogen-bond donors (Lipinski definition) is 2. The normalized spacial score (nSPS) is 11.0. The predicted octanol–water partition coefficient (Wildman–Crippen LogP) is 4.62. The van der Waals surface area contributed by atoms with Crippen LogP contribution in [0, 0.1) is 12.8 Å². The molecule has 2 rings (SSSR count). The number of aryl methyl sites for hydroxylation is 1. The lowest BCUT2D eigenvalue weighted by molar-refractivity contribution is 0.102. The summed E-state index contributed by atoms with van der Waals surface area (Å²) in [4.78, 5) is 21.1. The van der Waals surface area contributed by atoms with E-state index in [0.29, 0.717) is 29.2 Å². The number of amides is 1. The molecule has 0 saturated carbocycles. The van der Waals surface area contributed by atoms with E-state index < -0.39 is 0 Å². The Bertz CT molecular complexity index is 708. The van der Waals surface area contributed by atoms with Crippen molar-refractivity contribution in [3.05, 3.63) is 47.4 Å². The molecule has 5 nitrogen and oxygen atoms in total. The summed E-state index contributed by atoms with van der Waals surface area (Å²) in [7, 11) is 0. The fourth-order valence-corrected chi connectivity index (χ4v) is 2.41. The summed E-state index contributed by atoms with van der Waals surface area (Å²) >= 11 is 0. The molecule has 2 aromatic rings. The minimum absolute atomic E-state index is 0.227. The number of nitrogens with one attached hydrogen (secondary N) is 2. The zero-order chi connectivity index (χ0) is 18.4. The van der Waals surface area contributed by atoms with Gasteiger partial charge in [-0.15, -0.1) is 0 Å². The van der Waals surface area contributed by atoms with Gasteiger partial charge in [-0.2, -0.15) is 0 Å². The van der Waals surface area contributed by atoms with Crippen molar-refractivity contribution in [1.29, 1.82) is 0 Å². The second-order valence-corrected chi connectivity index (χ2v) is 7.03. The molecule has 1 heterocycles. The summed E-state index contributed by atoms with van der Waals surface area (Å²) in [6.45, 7) is 11.3. The van der Waals surface area contributed by atoms with Crippen molar-refractivity contribution in [3.63, 3.8) is 0 Å². The van der Waals surface area contributed by atoms with Gasteiger partial charge in [0.1, 0.15) is 17.3 Å². The molecule has 1 aromatic heterocycles. The summed E-state index contributed by atoms with van der Waals surface area (Å²) in [5, 5.41) is 6.16. The highest BCUT2D eigenvalue weighted by Crippen LogP contribution is 2.18. The SMILES string of the molecule is Cc1nc(NCCC(C)C)cc(C(=O)Nc2ccc(C(C)C)cc2)n1. The average molecular weight is 340 g/mol. The van der Waals surface area contributed by atoms with Gasteiger partial charge in [-0.05, 0) is 42.9 Å². The minimum atomic E-state index is -0.227. The van der Waals surface area contributed by atoms with Crippen LogP contribution in [0.2, 0.25) is 0 Å². The molecule has 1 amide bonds. The van der Waals surface area contributed by atoms with Crippen molar-refractivity contribution < 1.29 is 4.79 Å². The van der Waals surface area contributed by atoms with Gasteiger partial charge in [-0.3, -0.25) is 4.79 Å². The van der Waals surface area contributed by atoms with E-state index in [1.807, 2.05) is 24.3 Å². The first-order chi connectivity index (χ1) is 11.8. The molecule has 0 spiro atoms. The van der Waals surface area contributed by atoms with Crippen LogP contribution in [0.3, 0.4) is 0 Å². The maximum Gasteiger partial charge on any atom is 0.274 e. The molecule has 0 aliphatic heterocycles. The van der Waals surface area contributed by atoms with Crippen LogP contribution in [-0.4, -0.2) is 22.4 Å². The lowest BCUT2D eigenvalue weighted by Gasteiger charge is -2.11. The van der Waals surface area contributed by atoms with Crippen LogP contribution in [0.4, 0.5) is 11.5 Å². The van der Waals surface area contributed by atoms with Crippen molar-refractivity contribution >= 4 is 17.4 Å². The predicted molar refractivity (Wildman–Crippen MR) is 103 cm³/mol. The number of nitrogens with zero attached hydrogens (tertiary/aromatic N) is 2. The lowest BCUT2D eigenvalue weighted by atomic mass is 10.0. The molecule has 25 heavy (non-hydrogen) atoms. The van der Waals surface area contributed by atoms with Crippen LogP contribution in [0.25, 0.3) is 0 Å². The number of carbonyl (C=O) groups is 1. The number of carbonyl (C=O) groups excluding carboxylic acids is 1. The number of benzene rings is 1. The Morgan fingerprint density at radius 3 is 2.36 bits per heavy atom. The van der Waals surface area contributed by atoms with E-state index in [4.69, 9.17) is 0 Å². The molecule has 2 N–H and O–H groups in total. The molecule has 134 valence electrons. The highest BCUT2D eigenvalue weighted by Gasteiger charge is 2.11. The van der Waals surface area contributed by atoms with Crippen LogP contribution in [0.1, 0.15) is 61.9 Å². The fourth-order valence-electron chi connectivity index (χ4n) is 2.41. The van der Waals surface area contributed by atoms with Gasteiger partial charge in [0, 0.05) is 18.3 Å². The molecule has 1 aromatic carbocycles. The number of anilines is 2. The number of hydrogen-bond acceptors (Lipinski definition) is 4. The highest BCUT2D eigenvalue weighted by atomic mass is 16.1. The quantitative estimate of drug-likeness (QED) is 0.772. The summed E-state index contributed by atoms with van der Waals surface area (Å²) in [6, 6.07) is 9.60. The maximum atomic E-state index is 12.5. The Hall–Kier alpha value is -2.43. The Balaban J connectivity index is 2.06. The van der Waals surface area contributed by atoms with E-state index in [9.17, 15) is 4.79 Å². The zero-order valence-corrected chi connectivity index (χ0v) is 15.8. The minimum Gasteiger partial charge on any atom is -0.370 e. The van der Waals surface area contributed by atoms with E-state index in [0.717, 1.165) is 18.7 Å². The standard InChI is InChI=1S/C20H28N4O/c1-13(2)10-11-21-19-12-18(22-15(5)23-19)20(25)24-17-8-6-16(7-9-17)14(3)4/h6-9,12-14H,10-11H2,1-5H3,(H,24,25)(H,21,22,23). The first-order valence-electron chi connectivity index (χ1n) is 8.86. The summed E-state index contributed by atoms with van der Waals surface area (Å²) in [5.74, 6) is 2.12. The second-order valence-electron chi connectivity index (χ2n) is 7.03. The highest BCUT2D eigenvalue weighted by molar-refractivity contribution is 6.03. The van der Waals surface area contributed by atoms with Crippen molar-refractivity contribution in [2.24, 2.45) is 5.92 Å². The maximum absolute atomic E-state index is 12.5. The van der Waals surface area contributed by atoms with E-state index in [2.05, 4.69) is 48.3 Å². The third-order valence-electron chi connectivity index (χ3n) is 3.93. The van der Waals surface area contributed by atoms with Gasteiger partial charge in [-0.1, -0.05) is 39.8 Å². The second kappa shape index (κ2) is 8.60. The molecule has 0 saturated heterocycles. The molecule has 0 bridgehead atoms. The molecule has 0 radical (unpaired) electrons. The molecule has 5 heteroatoms. The smallest absolute Gasteiger partial charge is 0.274 e. The molecular weight excluding hydrogens is 312 g/mol. The van der Waals surface area contributed by atoms with Crippen LogP contribution >= 0.6 is 0 Å². The van der Waals surface area contributed by atoms with Gasteiger partial charge in [0.05, 0.1) is 0 Å². The Kier molecular flexibility index (Phi) is 6.51. The molecule has 0 fully saturated rings. The Morgan fingerprint density at radius 1 is 1.08 bits per heavy atom. The molecule has 0 aliphatic carbocycles. The van der Waals surface area contributed by atoms with Gasteiger partial charge in [0.25, 0.3) is 5.91 Å². The monoisotopic (exact) mass is 340 g/mol. The fraction of sp³-hybridized carbons (Fsp3) is 0.450.